The highest BCUT2D eigenvalue weighted by Crippen LogP contribution is 2.39. The van der Waals surface area contributed by atoms with Crippen LogP contribution >= 0.6 is 0 Å². The van der Waals surface area contributed by atoms with E-state index in [0.717, 1.165) is 24.6 Å². The number of hydrogen-bond acceptors (Lipinski definition) is 7. The van der Waals surface area contributed by atoms with Crippen molar-refractivity contribution in [1.82, 2.24) is 0 Å². The van der Waals surface area contributed by atoms with E-state index in [9.17, 15) is 14.9 Å². The van der Waals surface area contributed by atoms with Crippen molar-refractivity contribution in [3.05, 3.63) is 48.4 Å². The molecule has 0 aliphatic carbocycles. The van der Waals surface area contributed by atoms with Gasteiger partial charge < -0.3 is 19.1 Å². The molecule has 7 nitrogen and oxygen atoms in total. The van der Waals surface area contributed by atoms with Crippen LogP contribution in [0.3, 0.4) is 0 Å². The third kappa shape index (κ3) is 5.36. The summed E-state index contributed by atoms with van der Waals surface area (Å²) in [4.78, 5) is 25.2. The fourth-order valence-electron chi connectivity index (χ4n) is 2.61. The Morgan fingerprint density at radius 2 is 1.93 bits per heavy atom. The summed E-state index contributed by atoms with van der Waals surface area (Å²) in [5.41, 5.74) is 0.668. The number of carbonyl (C=O) groups excluding carboxylic acids is 2. The van der Waals surface area contributed by atoms with Crippen LogP contribution in [0.25, 0.3) is 0 Å². The number of ether oxygens (including phenoxy) is 3. The van der Waals surface area contributed by atoms with Crippen LogP contribution in [0, 0.1) is 11.3 Å². The third-order valence-electron chi connectivity index (χ3n) is 4.06. The van der Waals surface area contributed by atoms with Crippen LogP contribution in [0.15, 0.2) is 48.4 Å². The number of anilines is 1. The van der Waals surface area contributed by atoms with Crippen LogP contribution in [0.5, 0.6) is 5.75 Å². The highest BCUT2D eigenvalue weighted by molar-refractivity contribution is 5.94. The van der Waals surface area contributed by atoms with E-state index < -0.39 is 11.9 Å². The van der Waals surface area contributed by atoms with Gasteiger partial charge >= 0.3 is 11.9 Å². The minimum absolute atomic E-state index is 0.116. The number of para-hydroxylation sites is 2. The zero-order chi connectivity index (χ0) is 20.4. The van der Waals surface area contributed by atoms with E-state index in [1.165, 1.54) is 0 Å². The monoisotopic (exact) mass is 384 g/mol. The number of benzene rings is 1. The molecule has 28 heavy (non-hydrogen) atoms. The highest BCUT2D eigenvalue weighted by Gasteiger charge is 2.32. The van der Waals surface area contributed by atoms with Gasteiger partial charge in [0, 0.05) is 12.6 Å². The first kappa shape index (κ1) is 21.0. The summed E-state index contributed by atoms with van der Waals surface area (Å²) in [5.74, 6) is -0.395. The predicted molar refractivity (Wildman–Crippen MR) is 103 cm³/mol. The van der Waals surface area contributed by atoms with E-state index >= 15 is 0 Å². The summed E-state index contributed by atoms with van der Waals surface area (Å²) in [7, 11) is 0. The van der Waals surface area contributed by atoms with Crippen molar-refractivity contribution in [2.75, 3.05) is 24.7 Å². The largest absolute Gasteiger partial charge is 0.463 e. The molecule has 0 N–H and O–H groups in total. The van der Waals surface area contributed by atoms with Crippen molar-refractivity contribution < 1.29 is 23.8 Å². The number of unbranched alkanes of at least 4 members (excludes halogenated alkanes) is 2. The maximum atomic E-state index is 12.4. The normalized spacial score (nSPS) is 13.8. The standard InChI is InChI=1S/C21H24N2O5/c1-3-5-12-23-17-10-6-7-11-18(17)28-20(23)16(15-22)21(25)27-14-9-8-13-26-19(24)4-2/h4,6-7,10-11H,2-3,5,8-9,12-14H2,1H3/b20-16-. The van der Waals surface area contributed by atoms with Crippen LogP contribution in [-0.4, -0.2) is 31.7 Å². The minimum atomic E-state index is -0.727. The number of hydrogen-bond donors (Lipinski definition) is 0. The second kappa shape index (κ2) is 10.8. The Labute approximate surface area is 164 Å². The van der Waals surface area contributed by atoms with Crippen molar-refractivity contribution in [1.29, 1.82) is 5.26 Å². The number of nitriles is 1. The average Bonchev–Trinajstić information content (AvgIpc) is 3.07. The van der Waals surface area contributed by atoms with Crippen molar-refractivity contribution in [3.63, 3.8) is 0 Å². The molecule has 1 aliphatic heterocycles. The first-order valence-electron chi connectivity index (χ1n) is 9.27. The average molecular weight is 384 g/mol. The molecule has 0 bridgehead atoms. The summed E-state index contributed by atoms with van der Waals surface area (Å²) in [5, 5.41) is 9.53. The first-order chi connectivity index (χ1) is 13.6. The Bertz CT molecular complexity index is 794. The maximum Gasteiger partial charge on any atom is 0.354 e. The van der Waals surface area contributed by atoms with Gasteiger partial charge in [-0.25, -0.2) is 9.59 Å². The molecule has 7 heteroatoms. The van der Waals surface area contributed by atoms with Gasteiger partial charge in [0.2, 0.25) is 5.88 Å². The topological polar surface area (TPSA) is 88.9 Å². The summed E-state index contributed by atoms with van der Waals surface area (Å²) in [6.07, 6.45) is 3.99. The van der Waals surface area contributed by atoms with Crippen molar-refractivity contribution in [2.24, 2.45) is 0 Å². The molecule has 0 fully saturated rings. The summed E-state index contributed by atoms with van der Waals surface area (Å²) >= 11 is 0. The molecule has 148 valence electrons. The molecule has 1 aliphatic rings. The van der Waals surface area contributed by atoms with Crippen LogP contribution in [0.4, 0.5) is 5.69 Å². The van der Waals surface area contributed by atoms with E-state index in [1.807, 2.05) is 29.2 Å². The SMILES string of the molecule is C=CC(=O)OCCCCOC(=O)/C(C#N)=C1\Oc2ccccc2N1CCCC. The van der Waals surface area contributed by atoms with Crippen LogP contribution in [0.1, 0.15) is 32.6 Å². The first-order valence-corrected chi connectivity index (χ1v) is 9.27. The minimum Gasteiger partial charge on any atom is -0.463 e. The fourth-order valence-corrected chi connectivity index (χ4v) is 2.61. The Morgan fingerprint density at radius 1 is 1.21 bits per heavy atom. The van der Waals surface area contributed by atoms with E-state index in [4.69, 9.17) is 14.2 Å². The molecule has 1 aromatic rings. The van der Waals surface area contributed by atoms with Gasteiger partial charge in [0.1, 0.15) is 6.07 Å². The molecule has 1 heterocycles. The molecular formula is C21H24N2O5. The van der Waals surface area contributed by atoms with Gasteiger partial charge in [-0.15, -0.1) is 0 Å². The quantitative estimate of drug-likeness (QED) is 0.264. The summed E-state index contributed by atoms with van der Waals surface area (Å²) in [6, 6.07) is 9.33. The lowest BCUT2D eigenvalue weighted by Gasteiger charge is -2.18. The molecular weight excluding hydrogens is 360 g/mol. The van der Waals surface area contributed by atoms with Crippen LogP contribution < -0.4 is 9.64 Å². The lowest BCUT2D eigenvalue weighted by molar-refractivity contribution is -0.140. The lowest BCUT2D eigenvalue weighted by atomic mass is 10.2. The number of carbonyl (C=O) groups is 2. The maximum absolute atomic E-state index is 12.4. The lowest BCUT2D eigenvalue weighted by Crippen LogP contribution is -2.25. The Morgan fingerprint density at radius 3 is 2.61 bits per heavy atom. The number of nitrogens with zero attached hydrogens (tertiary/aromatic N) is 2. The Hall–Kier alpha value is -3.27. The van der Waals surface area contributed by atoms with E-state index in [0.29, 0.717) is 25.1 Å². The van der Waals surface area contributed by atoms with Crippen LogP contribution in [0.2, 0.25) is 0 Å². The molecule has 0 unspecified atom stereocenters. The number of esters is 2. The zero-order valence-corrected chi connectivity index (χ0v) is 16.0. The van der Waals surface area contributed by atoms with Gasteiger partial charge in [-0.1, -0.05) is 32.1 Å². The fraction of sp³-hybridized carbons (Fsp3) is 0.381. The van der Waals surface area contributed by atoms with Gasteiger partial charge in [0.05, 0.1) is 18.9 Å². The molecule has 1 aromatic carbocycles. The predicted octanol–water partition coefficient (Wildman–Crippen LogP) is 3.47. The molecule has 0 spiro atoms. The van der Waals surface area contributed by atoms with Gasteiger partial charge in [-0.3, -0.25) is 0 Å². The van der Waals surface area contributed by atoms with Gasteiger partial charge in [0.25, 0.3) is 0 Å². The van der Waals surface area contributed by atoms with Crippen LogP contribution in [-0.2, 0) is 19.1 Å². The molecule has 0 radical (unpaired) electrons. The smallest absolute Gasteiger partial charge is 0.354 e. The van der Waals surface area contributed by atoms with Crippen molar-refractivity contribution in [2.45, 2.75) is 32.6 Å². The van der Waals surface area contributed by atoms with E-state index in [-0.39, 0.29) is 24.7 Å². The molecule has 2 rings (SSSR count). The van der Waals surface area contributed by atoms with Gasteiger partial charge in [-0.2, -0.15) is 5.26 Å². The number of rotatable bonds is 10. The zero-order valence-electron chi connectivity index (χ0n) is 16.0. The Balaban J connectivity index is 2.00. The molecule has 0 atom stereocenters. The molecule has 0 saturated heterocycles. The number of fused-ring (bicyclic) bond motifs is 1. The second-order valence-corrected chi connectivity index (χ2v) is 6.08. The van der Waals surface area contributed by atoms with E-state index in [2.05, 4.69) is 13.5 Å². The van der Waals surface area contributed by atoms with Gasteiger partial charge in [-0.05, 0) is 31.4 Å². The van der Waals surface area contributed by atoms with Gasteiger partial charge in [0.15, 0.2) is 11.3 Å². The molecule has 0 saturated carbocycles. The molecule has 0 aromatic heterocycles. The highest BCUT2D eigenvalue weighted by atomic mass is 16.5. The summed E-state index contributed by atoms with van der Waals surface area (Å²) in [6.45, 7) is 6.35. The molecule has 0 amide bonds. The van der Waals surface area contributed by atoms with E-state index in [1.54, 1.807) is 6.07 Å². The second-order valence-electron chi connectivity index (χ2n) is 6.08. The third-order valence-corrected chi connectivity index (χ3v) is 4.06. The van der Waals surface area contributed by atoms with Crippen molar-refractivity contribution >= 4 is 17.6 Å². The Kier molecular flexibility index (Phi) is 8.10. The summed E-state index contributed by atoms with van der Waals surface area (Å²) < 4.78 is 15.8. The van der Waals surface area contributed by atoms with Crippen molar-refractivity contribution in [3.8, 4) is 11.8 Å².